The lowest BCUT2D eigenvalue weighted by molar-refractivity contribution is -0.386. The van der Waals surface area contributed by atoms with E-state index in [0.29, 0.717) is 23.5 Å². The molecule has 0 aliphatic rings. The number of carbonyl (C=O) groups is 2. The van der Waals surface area contributed by atoms with Gasteiger partial charge in [-0.05, 0) is 55.5 Å². The van der Waals surface area contributed by atoms with Crippen molar-refractivity contribution in [2.24, 2.45) is 0 Å². The van der Waals surface area contributed by atoms with Crippen molar-refractivity contribution in [1.82, 2.24) is 0 Å². The Morgan fingerprint density at radius 2 is 1.70 bits per heavy atom. The fraction of sp³-hybridized carbons (Fsp3) is 0.0909. The Balaban J connectivity index is 1.63. The van der Waals surface area contributed by atoms with Gasteiger partial charge in [0.2, 0.25) is 0 Å². The number of aldehydes is 1. The van der Waals surface area contributed by atoms with E-state index >= 15 is 0 Å². The van der Waals surface area contributed by atoms with Crippen molar-refractivity contribution in [3.63, 3.8) is 0 Å². The van der Waals surface area contributed by atoms with Crippen molar-refractivity contribution in [3.05, 3.63) is 88.5 Å². The summed E-state index contributed by atoms with van der Waals surface area (Å²) in [7, 11) is 0. The molecular formula is C22H18N2O6. The summed E-state index contributed by atoms with van der Waals surface area (Å²) in [6.07, 6.45) is -0.510. The molecule has 152 valence electrons. The van der Waals surface area contributed by atoms with Crippen LogP contribution in [0.4, 0.5) is 11.4 Å². The number of nitrogens with one attached hydrogen (secondary N) is 1. The van der Waals surface area contributed by atoms with Gasteiger partial charge >= 0.3 is 5.69 Å². The molecule has 3 aromatic rings. The molecule has 0 bridgehead atoms. The van der Waals surface area contributed by atoms with Gasteiger partial charge in [0.1, 0.15) is 17.8 Å². The van der Waals surface area contributed by atoms with E-state index in [1.807, 2.05) is 30.3 Å². The fourth-order valence-corrected chi connectivity index (χ4v) is 2.57. The zero-order valence-corrected chi connectivity index (χ0v) is 16.0. The Morgan fingerprint density at radius 1 is 1.03 bits per heavy atom. The van der Waals surface area contributed by atoms with Gasteiger partial charge in [-0.3, -0.25) is 19.7 Å². The number of nitro groups is 1. The highest BCUT2D eigenvalue weighted by molar-refractivity contribution is 5.94. The molecule has 0 aliphatic carbocycles. The summed E-state index contributed by atoms with van der Waals surface area (Å²) in [5.41, 5.74) is 0.271. The smallest absolute Gasteiger partial charge is 0.311 e. The number of carbonyl (C=O) groups excluding carboxylic acids is 2. The molecule has 0 spiro atoms. The molecule has 8 nitrogen and oxygen atoms in total. The van der Waals surface area contributed by atoms with Crippen molar-refractivity contribution in [1.29, 1.82) is 0 Å². The summed E-state index contributed by atoms with van der Waals surface area (Å²) < 4.78 is 11.1. The Bertz CT molecular complexity index is 1050. The second-order valence-corrected chi connectivity index (χ2v) is 6.29. The first-order valence-corrected chi connectivity index (χ1v) is 9.00. The van der Waals surface area contributed by atoms with Crippen LogP contribution in [0.25, 0.3) is 0 Å². The third-order valence-corrected chi connectivity index (χ3v) is 4.09. The van der Waals surface area contributed by atoms with Crippen molar-refractivity contribution in [2.75, 3.05) is 5.32 Å². The van der Waals surface area contributed by atoms with Gasteiger partial charge in [-0.15, -0.1) is 0 Å². The quantitative estimate of drug-likeness (QED) is 0.333. The Morgan fingerprint density at radius 3 is 2.33 bits per heavy atom. The van der Waals surface area contributed by atoms with Crippen LogP contribution in [0.3, 0.4) is 0 Å². The summed E-state index contributed by atoms with van der Waals surface area (Å²) in [5, 5.41) is 13.9. The summed E-state index contributed by atoms with van der Waals surface area (Å²) >= 11 is 0. The molecule has 1 atom stereocenters. The largest absolute Gasteiger partial charge is 0.474 e. The molecule has 0 aliphatic heterocycles. The van der Waals surface area contributed by atoms with E-state index in [2.05, 4.69) is 5.32 Å². The first kappa shape index (κ1) is 20.5. The minimum atomic E-state index is -1.01. The zero-order chi connectivity index (χ0) is 21.5. The number of nitrogens with zero attached hydrogens (tertiary/aromatic N) is 1. The minimum Gasteiger partial charge on any atom is -0.474 e. The Kier molecular flexibility index (Phi) is 6.39. The number of rotatable bonds is 8. The Hall–Kier alpha value is -4.20. The van der Waals surface area contributed by atoms with Crippen molar-refractivity contribution < 1.29 is 24.0 Å². The van der Waals surface area contributed by atoms with Crippen LogP contribution >= 0.6 is 0 Å². The van der Waals surface area contributed by atoms with Gasteiger partial charge < -0.3 is 14.8 Å². The van der Waals surface area contributed by atoms with Gasteiger partial charge in [-0.2, -0.15) is 0 Å². The number of para-hydroxylation sites is 1. The molecule has 0 heterocycles. The lowest BCUT2D eigenvalue weighted by Gasteiger charge is -2.15. The van der Waals surface area contributed by atoms with Gasteiger partial charge in [0.15, 0.2) is 11.9 Å². The van der Waals surface area contributed by atoms with Crippen LogP contribution in [0.2, 0.25) is 0 Å². The molecule has 30 heavy (non-hydrogen) atoms. The SMILES string of the molecule is C[C@H](Oc1ccc(C=O)cc1[N+](=O)[O-])C(=O)Nc1ccc(Oc2ccccc2)cc1. The predicted molar refractivity (Wildman–Crippen MR) is 110 cm³/mol. The normalized spacial score (nSPS) is 11.2. The minimum absolute atomic E-state index is 0.0974. The van der Waals surface area contributed by atoms with Crippen LogP contribution in [0.5, 0.6) is 17.2 Å². The number of hydrogen-bond donors (Lipinski definition) is 1. The van der Waals surface area contributed by atoms with Crippen LogP contribution in [-0.2, 0) is 4.79 Å². The van der Waals surface area contributed by atoms with Crippen molar-refractivity contribution >= 4 is 23.6 Å². The van der Waals surface area contributed by atoms with Crippen molar-refractivity contribution in [2.45, 2.75) is 13.0 Å². The molecule has 1 amide bonds. The van der Waals surface area contributed by atoms with E-state index in [9.17, 15) is 19.7 Å². The lowest BCUT2D eigenvalue weighted by Crippen LogP contribution is -2.30. The standard InChI is InChI=1S/C22H18N2O6/c1-15(29-21-12-7-16(14-25)13-20(21)24(27)28)22(26)23-17-8-10-19(11-9-17)30-18-5-3-2-4-6-18/h2-15H,1H3,(H,23,26)/t15-/m0/s1. The van der Waals surface area contributed by atoms with E-state index in [0.717, 1.165) is 6.07 Å². The average molecular weight is 406 g/mol. The van der Waals surface area contributed by atoms with Crippen LogP contribution in [0.15, 0.2) is 72.8 Å². The van der Waals surface area contributed by atoms with Crippen LogP contribution in [0.1, 0.15) is 17.3 Å². The highest BCUT2D eigenvalue weighted by atomic mass is 16.6. The van der Waals surface area contributed by atoms with Crippen LogP contribution in [-0.4, -0.2) is 23.2 Å². The van der Waals surface area contributed by atoms with E-state index < -0.39 is 16.9 Å². The van der Waals surface area contributed by atoms with E-state index in [1.54, 1.807) is 24.3 Å². The molecule has 0 radical (unpaired) electrons. The fourth-order valence-electron chi connectivity index (χ4n) is 2.57. The second kappa shape index (κ2) is 9.33. The molecule has 1 N–H and O–H groups in total. The van der Waals surface area contributed by atoms with E-state index in [1.165, 1.54) is 19.1 Å². The molecule has 0 saturated carbocycles. The van der Waals surface area contributed by atoms with E-state index in [-0.39, 0.29) is 17.0 Å². The molecule has 0 unspecified atom stereocenters. The molecule has 0 aromatic heterocycles. The van der Waals surface area contributed by atoms with Gasteiger partial charge in [-0.25, -0.2) is 0 Å². The third kappa shape index (κ3) is 5.20. The highest BCUT2D eigenvalue weighted by Crippen LogP contribution is 2.29. The second-order valence-electron chi connectivity index (χ2n) is 6.29. The predicted octanol–water partition coefficient (Wildman–Crippen LogP) is 4.61. The van der Waals surface area contributed by atoms with Gasteiger partial charge in [0.25, 0.3) is 5.91 Å². The number of hydrogen-bond acceptors (Lipinski definition) is 6. The van der Waals surface area contributed by atoms with Crippen LogP contribution in [0, 0.1) is 10.1 Å². The highest BCUT2D eigenvalue weighted by Gasteiger charge is 2.22. The van der Waals surface area contributed by atoms with Gasteiger partial charge in [-0.1, -0.05) is 18.2 Å². The maximum Gasteiger partial charge on any atom is 0.311 e. The van der Waals surface area contributed by atoms with Gasteiger partial charge in [0, 0.05) is 17.3 Å². The first-order chi connectivity index (χ1) is 14.5. The first-order valence-electron chi connectivity index (χ1n) is 9.00. The number of anilines is 1. The van der Waals surface area contributed by atoms with Crippen molar-refractivity contribution in [3.8, 4) is 17.2 Å². The number of benzene rings is 3. The molecule has 8 heteroatoms. The average Bonchev–Trinajstić information content (AvgIpc) is 2.76. The lowest BCUT2D eigenvalue weighted by atomic mass is 10.2. The summed E-state index contributed by atoms with van der Waals surface area (Å²) in [6, 6.07) is 19.8. The zero-order valence-electron chi connectivity index (χ0n) is 16.0. The monoisotopic (exact) mass is 406 g/mol. The molecule has 3 aromatic carbocycles. The third-order valence-electron chi connectivity index (χ3n) is 4.09. The molecular weight excluding hydrogens is 388 g/mol. The molecule has 0 saturated heterocycles. The van der Waals surface area contributed by atoms with E-state index in [4.69, 9.17) is 9.47 Å². The Labute approximate surface area is 172 Å². The number of nitro benzene ring substituents is 1. The maximum absolute atomic E-state index is 12.4. The summed E-state index contributed by atoms with van der Waals surface area (Å²) in [5.74, 6) is 0.716. The maximum atomic E-state index is 12.4. The van der Waals surface area contributed by atoms with Gasteiger partial charge in [0.05, 0.1) is 4.92 Å². The van der Waals surface area contributed by atoms with Crippen LogP contribution < -0.4 is 14.8 Å². The summed E-state index contributed by atoms with van der Waals surface area (Å²) in [4.78, 5) is 33.7. The molecule has 0 fully saturated rings. The number of ether oxygens (including phenoxy) is 2. The molecule has 3 rings (SSSR count). The number of amides is 1. The summed E-state index contributed by atoms with van der Waals surface area (Å²) in [6.45, 7) is 1.47. The topological polar surface area (TPSA) is 108 Å².